The molecule has 2 rings (SSSR count). The zero-order valence-corrected chi connectivity index (χ0v) is 13.5. The lowest BCUT2D eigenvalue weighted by molar-refractivity contribution is 0.0661. The van der Waals surface area contributed by atoms with Crippen molar-refractivity contribution in [2.45, 2.75) is 11.4 Å². The summed E-state index contributed by atoms with van der Waals surface area (Å²) >= 11 is 8.70. The quantitative estimate of drug-likeness (QED) is 0.813. The molecule has 0 spiro atoms. The molecule has 0 atom stereocenters. The molecule has 0 fully saturated rings. The van der Waals surface area contributed by atoms with Gasteiger partial charge in [0, 0.05) is 17.6 Å². The van der Waals surface area contributed by atoms with Gasteiger partial charge in [0.05, 0.1) is 0 Å². The third-order valence-electron chi connectivity index (χ3n) is 2.51. The van der Waals surface area contributed by atoms with Crippen LogP contribution >= 0.6 is 27.5 Å². The molecule has 2 aromatic rings. The highest BCUT2D eigenvalue weighted by Crippen LogP contribution is 2.26. The maximum Gasteiger partial charge on any atom is 0.371 e. The first kappa shape index (κ1) is 16.0. The van der Waals surface area contributed by atoms with Gasteiger partial charge in [0.2, 0.25) is 15.8 Å². The number of hydrogen-bond donors (Lipinski definition) is 2. The zero-order chi connectivity index (χ0) is 15.6. The van der Waals surface area contributed by atoms with Crippen LogP contribution in [-0.2, 0) is 16.6 Å². The molecule has 0 saturated heterocycles. The van der Waals surface area contributed by atoms with Crippen molar-refractivity contribution >= 4 is 43.5 Å². The zero-order valence-electron chi connectivity index (χ0n) is 10.3. The van der Waals surface area contributed by atoms with Gasteiger partial charge in [0.15, 0.2) is 4.67 Å². The van der Waals surface area contributed by atoms with Crippen LogP contribution in [0.3, 0.4) is 0 Å². The van der Waals surface area contributed by atoms with Crippen molar-refractivity contribution < 1.29 is 22.7 Å². The monoisotopic (exact) mass is 393 g/mol. The van der Waals surface area contributed by atoms with Gasteiger partial charge in [-0.2, -0.15) is 0 Å². The Morgan fingerprint density at radius 1 is 1.38 bits per heavy atom. The Labute approximate surface area is 133 Å². The average Bonchev–Trinajstić information content (AvgIpc) is 2.80. The molecule has 9 heteroatoms. The number of carboxylic acids is 1. The Morgan fingerprint density at radius 2 is 2.10 bits per heavy atom. The molecule has 0 radical (unpaired) electrons. The predicted octanol–water partition coefficient (Wildman–Crippen LogP) is 2.87. The van der Waals surface area contributed by atoms with E-state index in [1.165, 1.54) is 0 Å². The highest BCUT2D eigenvalue weighted by molar-refractivity contribution is 9.10. The van der Waals surface area contributed by atoms with E-state index in [0.717, 1.165) is 6.07 Å². The first-order chi connectivity index (χ1) is 9.79. The minimum atomic E-state index is -3.91. The van der Waals surface area contributed by atoms with E-state index in [9.17, 15) is 13.2 Å². The van der Waals surface area contributed by atoms with E-state index in [4.69, 9.17) is 21.1 Å². The molecule has 1 aromatic heterocycles. The molecular weight excluding hydrogens is 386 g/mol. The highest BCUT2D eigenvalue weighted by atomic mass is 79.9. The first-order valence-corrected chi connectivity index (χ1v) is 8.22. The van der Waals surface area contributed by atoms with Crippen LogP contribution in [0.4, 0.5) is 0 Å². The molecule has 0 aliphatic heterocycles. The summed E-state index contributed by atoms with van der Waals surface area (Å²) in [6, 6.07) is 7.64. The Balaban J connectivity index is 2.21. The third kappa shape index (κ3) is 3.85. The van der Waals surface area contributed by atoms with Crippen LogP contribution in [-0.4, -0.2) is 19.5 Å². The lowest BCUT2D eigenvalue weighted by atomic mass is 10.2. The van der Waals surface area contributed by atoms with E-state index in [-0.39, 0.29) is 16.1 Å². The SMILES string of the molecule is O=C(O)c1cc(S(=O)(=O)NCc2cccc(Cl)c2)c(Br)o1. The number of aromatic carboxylic acids is 1. The number of carboxylic acid groups (broad SMARTS) is 1. The fourth-order valence-electron chi connectivity index (χ4n) is 1.54. The van der Waals surface area contributed by atoms with Gasteiger partial charge in [-0.25, -0.2) is 17.9 Å². The van der Waals surface area contributed by atoms with Crippen LogP contribution in [0, 0.1) is 0 Å². The number of hydrogen-bond acceptors (Lipinski definition) is 4. The van der Waals surface area contributed by atoms with E-state index >= 15 is 0 Å². The third-order valence-corrected chi connectivity index (χ3v) is 5.00. The number of furan rings is 1. The summed E-state index contributed by atoms with van der Waals surface area (Å²) in [5.74, 6) is -1.82. The second kappa shape index (κ2) is 6.18. The van der Waals surface area contributed by atoms with Crippen molar-refractivity contribution in [3.05, 3.63) is 51.3 Å². The van der Waals surface area contributed by atoms with E-state index in [2.05, 4.69) is 20.7 Å². The van der Waals surface area contributed by atoms with Gasteiger partial charge < -0.3 is 9.52 Å². The molecule has 0 saturated carbocycles. The Kier molecular flexibility index (Phi) is 4.72. The number of carbonyl (C=O) groups is 1. The van der Waals surface area contributed by atoms with Crippen molar-refractivity contribution in [2.75, 3.05) is 0 Å². The Bertz CT molecular complexity index is 787. The molecule has 0 aliphatic carbocycles. The number of halogens is 2. The summed E-state index contributed by atoms with van der Waals surface area (Å²) in [6.45, 7) is 0.0168. The number of sulfonamides is 1. The molecule has 0 bridgehead atoms. The van der Waals surface area contributed by atoms with Crippen LogP contribution in [0.25, 0.3) is 0 Å². The van der Waals surface area contributed by atoms with Crippen LogP contribution < -0.4 is 4.72 Å². The van der Waals surface area contributed by atoms with Crippen LogP contribution in [0.15, 0.2) is 44.3 Å². The summed E-state index contributed by atoms with van der Waals surface area (Å²) in [6.07, 6.45) is 0. The van der Waals surface area contributed by atoms with Crippen molar-refractivity contribution in [1.82, 2.24) is 4.72 Å². The Hall–Kier alpha value is -1.35. The predicted molar refractivity (Wildman–Crippen MR) is 78.8 cm³/mol. The molecule has 21 heavy (non-hydrogen) atoms. The molecule has 0 amide bonds. The summed E-state index contributed by atoms with van der Waals surface area (Å²) in [5.41, 5.74) is 0.671. The lowest BCUT2D eigenvalue weighted by Gasteiger charge is -2.05. The number of nitrogens with one attached hydrogen (secondary N) is 1. The first-order valence-electron chi connectivity index (χ1n) is 5.56. The summed E-state index contributed by atoms with van der Waals surface area (Å²) in [4.78, 5) is 10.5. The molecule has 1 heterocycles. The van der Waals surface area contributed by atoms with Gasteiger partial charge in [-0.05, 0) is 33.6 Å². The second-order valence-corrected chi connectivity index (χ2v) is 6.90. The number of benzene rings is 1. The normalized spacial score (nSPS) is 11.5. The maximum absolute atomic E-state index is 12.1. The number of rotatable bonds is 5. The van der Waals surface area contributed by atoms with Crippen molar-refractivity contribution in [3.8, 4) is 0 Å². The summed E-state index contributed by atoms with van der Waals surface area (Å²) < 4.78 is 31.2. The molecule has 0 unspecified atom stereocenters. The smallest absolute Gasteiger partial charge is 0.371 e. The van der Waals surface area contributed by atoms with E-state index in [1.807, 2.05) is 0 Å². The molecular formula is C12H9BrClNO5S. The molecule has 6 nitrogen and oxygen atoms in total. The van der Waals surface area contributed by atoms with E-state index in [1.54, 1.807) is 24.3 Å². The van der Waals surface area contributed by atoms with Crippen LogP contribution in [0.5, 0.6) is 0 Å². The van der Waals surface area contributed by atoms with E-state index < -0.39 is 21.8 Å². The molecule has 2 N–H and O–H groups in total. The minimum Gasteiger partial charge on any atom is -0.475 e. The molecule has 0 aliphatic rings. The topological polar surface area (TPSA) is 96.6 Å². The molecule has 112 valence electrons. The largest absolute Gasteiger partial charge is 0.475 e. The minimum absolute atomic E-state index is 0.0168. The van der Waals surface area contributed by atoms with Crippen molar-refractivity contribution in [2.24, 2.45) is 0 Å². The second-order valence-electron chi connectivity index (χ2n) is 4.01. The van der Waals surface area contributed by atoms with Crippen LogP contribution in [0.2, 0.25) is 5.02 Å². The fraction of sp³-hybridized carbons (Fsp3) is 0.0833. The average molecular weight is 395 g/mol. The van der Waals surface area contributed by atoms with Crippen LogP contribution in [0.1, 0.15) is 16.1 Å². The fourth-order valence-corrected chi connectivity index (χ4v) is 3.71. The van der Waals surface area contributed by atoms with Gasteiger partial charge in [-0.1, -0.05) is 23.7 Å². The Morgan fingerprint density at radius 3 is 2.67 bits per heavy atom. The lowest BCUT2D eigenvalue weighted by Crippen LogP contribution is -2.23. The summed E-state index contributed by atoms with van der Waals surface area (Å²) in [7, 11) is -3.91. The maximum atomic E-state index is 12.1. The standard InChI is InChI=1S/C12H9BrClNO5S/c13-11-10(5-9(20-11)12(16)17)21(18,19)15-6-7-2-1-3-8(14)4-7/h1-5,15H,6H2,(H,16,17). The van der Waals surface area contributed by atoms with Gasteiger partial charge >= 0.3 is 5.97 Å². The highest BCUT2D eigenvalue weighted by Gasteiger charge is 2.24. The van der Waals surface area contributed by atoms with Gasteiger partial charge in [-0.15, -0.1) is 0 Å². The molecule has 1 aromatic carbocycles. The van der Waals surface area contributed by atoms with Gasteiger partial charge in [0.1, 0.15) is 4.90 Å². The van der Waals surface area contributed by atoms with Gasteiger partial charge in [-0.3, -0.25) is 0 Å². The summed E-state index contributed by atoms with van der Waals surface area (Å²) in [5, 5.41) is 9.27. The van der Waals surface area contributed by atoms with Crippen molar-refractivity contribution in [1.29, 1.82) is 0 Å². The van der Waals surface area contributed by atoms with E-state index in [0.29, 0.717) is 10.6 Å². The van der Waals surface area contributed by atoms with Gasteiger partial charge in [0.25, 0.3) is 0 Å². The van der Waals surface area contributed by atoms with Crippen molar-refractivity contribution in [3.63, 3.8) is 0 Å².